The number of rotatable bonds is 7. The van der Waals surface area contributed by atoms with Gasteiger partial charge in [0, 0.05) is 0 Å². The predicted octanol–water partition coefficient (Wildman–Crippen LogP) is -6.89. The summed E-state index contributed by atoms with van der Waals surface area (Å²) in [5, 5.41) is 99.1. The molecule has 15 heteroatoms. The van der Waals surface area contributed by atoms with Gasteiger partial charge >= 0.3 is 0 Å². The molecule has 0 radical (unpaired) electrons. The summed E-state index contributed by atoms with van der Waals surface area (Å²) in [5.41, 5.74) is 0. The number of hydrogen-bond acceptors (Lipinski definition) is 15. The molecule has 3 fully saturated rings. The molecule has 3 aliphatic rings. The van der Waals surface area contributed by atoms with E-state index in [0.717, 1.165) is 0 Å². The van der Waals surface area contributed by atoms with E-state index in [2.05, 4.69) is 0 Å². The van der Waals surface area contributed by atoms with Crippen LogP contribution in [0, 0.1) is 0 Å². The highest BCUT2D eigenvalue weighted by Gasteiger charge is 2.50. The third-order valence-electron chi connectivity index (χ3n) is 5.99. The van der Waals surface area contributed by atoms with Gasteiger partial charge in [0.1, 0.15) is 73.2 Å². The highest BCUT2D eigenvalue weighted by Crippen LogP contribution is 2.28. The van der Waals surface area contributed by atoms with Crippen molar-refractivity contribution in [3.63, 3.8) is 0 Å². The van der Waals surface area contributed by atoms with Gasteiger partial charge < -0.3 is 74.7 Å². The maximum absolute atomic E-state index is 10.3. The average Bonchev–Trinajstić information content (AvgIpc) is 2.81. The molecule has 10 N–H and O–H groups in total. The van der Waals surface area contributed by atoms with E-state index in [1.807, 2.05) is 0 Å². The van der Waals surface area contributed by atoms with Crippen LogP contribution in [0.2, 0.25) is 0 Å². The fourth-order valence-corrected chi connectivity index (χ4v) is 3.90. The minimum Gasteiger partial charge on any atom is -0.394 e. The second-order valence-corrected chi connectivity index (χ2v) is 8.26. The minimum atomic E-state index is -1.80. The Morgan fingerprint density at radius 1 is 0.606 bits per heavy atom. The molecular weight excluding hydrogens is 456 g/mol. The van der Waals surface area contributed by atoms with Crippen LogP contribution in [-0.2, 0) is 23.7 Å². The summed E-state index contributed by atoms with van der Waals surface area (Å²) in [6.45, 7) is -2.11. The maximum atomic E-state index is 10.3. The van der Waals surface area contributed by atoms with Gasteiger partial charge in [0.05, 0.1) is 26.4 Å². The second kappa shape index (κ2) is 11.4. The quantitative estimate of drug-likeness (QED) is 0.160. The van der Waals surface area contributed by atoms with Gasteiger partial charge in [0.25, 0.3) is 0 Å². The van der Waals surface area contributed by atoms with Crippen LogP contribution in [0.3, 0.4) is 0 Å². The molecule has 0 bridgehead atoms. The molecule has 0 amide bonds. The smallest absolute Gasteiger partial charge is 0.187 e. The molecule has 0 spiro atoms. The molecule has 0 unspecified atom stereocenters. The molecule has 3 heterocycles. The van der Waals surface area contributed by atoms with E-state index in [9.17, 15) is 51.1 Å². The highest BCUT2D eigenvalue weighted by molar-refractivity contribution is 4.94. The third-order valence-corrected chi connectivity index (χ3v) is 5.99. The highest BCUT2D eigenvalue weighted by atomic mass is 16.7. The third kappa shape index (κ3) is 5.64. The van der Waals surface area contributed by atoms with E-state index in [1.165, 1.54) is 0 Å². The number of hydrogen-bond donors (Lipinski definition) is 10. The van der Waals surface area contributed by atoms with Crippen LogP contribution in [0.1, 0.15) is 0 Å². The standard InChI is InChI=1S/C18H32O15/c19-1-6-10(23)12(25)14(27)17(31-6)30-4-8-11(24)13(26)15(28)18(32-8)33-16-7(2-20)29-3-5(21)9(16)22/h5-28H,1-4H2/t5-,6+,7+,8+,9+,10+,11+,12-,13-,14+,15+,16+,17-,18+/m0/s1. The Bertz CT molecular complexity index is 607. The molecule has 0 saturated carbocycles. The Hall–Kier alpha value is -0.600. The Morgan fingerprint density at radius 3 is 1.76 bits per heavy atom. The topological polar surface area (TPSA) is 248 Å². The van der Waals surface area contributed by atoms with E-state index in [4.69, 9.17) is 23.7 Å². The van der Waals surface area contributed by atoms with E-state index in [0.29, 0.717) is 0 Å². The molecule has 14 atom stereocenters. The van der Waals surface area contributed by atoms with Crippen LogP contribution >= 0.6 is 0 Å². The molecule has 3 saturated heterocycles. The van der Waals surface area contributed by atoms with Crippen molar-refractivity contribution in [1.82, 2.24) is 0 Å². The number of ether oxygens (including phenoxy) is 5. The summed E-state index contributed by atoms with van der Waals surface area (Å²) in [7, 11) is 0. The molecule has 0 aromatic rings. The first-order chi connectivity index (χ1) is 15.6. The van der Waals surface area contributed by atoms with Gasteiger partial charge in [0.15, 0.2) is 12.6 Å². The zero-order valence-electron chi connectivity index (χ0n) is 17.4. The zero-order valence-corrected chi connectivity index (χ0v) is 17.4. The van der Waals surface area contributed by atoms with Crippen molar-refractivity contribution in [2.24, 2.45) is 0 Å². The Labute approximate surface area is 187 Å². The summed E-state index contributed by atoms with van der Waals surface area (Å²) >= 11 is 0. The minimum absolute atomic E-state index is 0.267. The number of aliphatic hydroxyl groups is 10. The molecule has 33 heavy (non-hydrogen) atoms. The first-order valence-electron chi connectivity index (χ1n) is 10.5. The first kappa shape index (κ1) is 27.0. The Balaban J connectivity index is 1.65. The summed E-state index contributed by atoms with van der Waals surface area (Å²) in [4.78, 5) is 0. The van der Waals surface area contributed by atoms with E-state index in [1.54, 1.807) is 0 Å². The van der Waals surface area contributed by atoms with Crippen molar-refractivity contribution >= 4 is 0 Å². The normalized spacial score (nSPS) is 51.5. The van der Waals surface area contributed by atoms with Crippen molar-refractivity contribution in [2.75, 3.05) is 26.4 Å². The lowest BCUT2D eigenvalue weighted by Gasteiger charge is -2.45. The van der Waals surface area contributed by atoms with Crippen molar-refractivity contribution < 1.29 is 74.7 Å². The monoisotopic (exact) mass is 488 g/mol. The molecule has 15 nitrogen and oxygen atoms in total. The van der Waals surface area contributed by atoms with Gasteiger partial charge in [0.2, 0.25) is 0 Å². The lowest BCUT2D eigenvalue weighted by molar-refractivity contribution is -0.349. The molecular formula is C18H32O15. The first-order valence-corrected chi connectivity index (χ1v) is 10.5. The lowest BCUT2D eigenvalue weighted by Crippen LogP contribution is -2.64. The van der Waals surface area contributed by atoms with Gasteiger partial charge in [-0.25, -0.2) is 0 Å². The van der Waals surface area contributed by atoms with Crippen LogP contribution in [0.5, 0.6) is 0 Å². The zero-order chi connectivity index (χ0) is 24.4. The van der Waals surface area contributed by atoms with Gasteiger partial charge in [-0.1, -0.05) is 0 Å². The molecule has 3 aliphatic heterocycles. The SMILES string of the molecule is OC[C@H]1O[C@H](OC[C@H]2O[C@H](O[C@H]3[C@H](O)[C@@H](O)CO[C@@H]3CO)[C@H](O)[C@@H](O)[C@@H]2O)[C@H](O)[C@@H](O)[C@@H]1O. The van der Waals surface area contributed by atoms with E-state index >= 15 is 0 Å². The van der Waals surface area contributed by atoms with Crippen molar-refractivity contribution in [2.45, 2.75) is 85.8 Å². The molecule has 0 aromatic carbocycles. The van der Waals surface area contributed by atoms with E-state index < -0.39 is 106 Å². The van der Waals surface area contributed by atoms with Gasteiger partial charge in [-0.05, 0) is 0 Å². The van der Waals surface area contributed by atoms with Crippen molar-refractivity contribution in [3.05, 3.63) is 0 Å². The van der Waals surface area contributed by atoms with Gasteiger partial charge in [-0.15, -0.1) is 0 Å². The average molecular weight is 488 g/mol. The summed E-state index contributed by atoms with van der Waals surface area (Å²) < 4.78 is 26.6. The second-order valence-electron chi connectivity index (χ2n) is 8.26. The fourth-order valence-electron chi connectivity index (χ4n) is 3.90. The lowest BCUT2D eigenvalue weighted by atomic mass is 9.97. The van der Waals surface area contributed by atoms with Gasteiger partial charge in [-0.3, -0.25) is 0 Å². The Kier molecular flexibility index (Phi) is 9.35. The Morgan fingerprint density at radius 2 is 1.15 bits per heavy atom. The maximum Gasteiger partial charge on any atom is 0.187 e. The summed E-state index contributed by atoms with van der Waals surface area (Å²) in [6, 6.07) is 0. The summed E-state index contributed by atoms with van der Waals surface area (Å²) in [5.74, 6) is 0. The molecule has 0 aromatic heterocycles. The largest absolute Gasteiger partial charge is 0.394 e. The van der Waals surface area contributed by atoms with Gasteiger partial charge in [-0.2, -0.15) is 0 Å². The fraction of sp³-hybridized carbons (Fsp3) is 1.00. The predicted molar refractivity (Wildman–Crippen MR) is 100 cm³/mol. The molecule has 0 aliphatic carbocycles. The van der Waals surface area contributed by atoms with Crippen LogP contribution < -0.4 is 0 Å². The van der Waals surface area contributed by atoms with Crippen LogP contribution in [0.4, 0.5) is 0 Å². The van der Waals surface area contributed by atoms with Crippen molar-refractivity contribution in [3.8, 4) is 0 Å². The van der Waals surface area contributed by atoms with Crippen LogP contribution in [0.25, 0.3) is 0 Å². The van der Waals surface area contributed by atoms with Crippen molar-refractivity contribution in [1.29, 1.82) is 0 Å². The van der Waals surface area contributed by atoms with E-state index in [-0.39, 0.29) is 6.61 Å². The van der Waals surface area contributed by atoms with Crippen LogP contribution in [-0.4, -0.2) is 163 Å². The summed E-state index contributed by atoms with van der Waals surface area (Å²) in [6.07, 6.45) is -21.4. The number of aliphatic hydroxyl groups excluding tert-OH is 10. The molecule has 194 valence electrons. The van der Waals surface area contributed by atoms with Crippen LogP contribution in [0.15, 0.2) is 0 Å². The molecule has 3 rings (SSSR count).